The molecule has 11 rings (SSSR count). The van der Waals surface area contributed by atoms with E-state index in [2.05, 4.69) is 224 Å². The summed E-state index contributed by atoms with van der Waals surface area (Å²) in [5.74, 6) is 0. The summed E-state index contributed by atoms with van der Waals surface area (Å²) in [7, 11) is 0. The van der Waals surface area contributed by atoms with Crippen LogP contribution in [0.3, 0.4) is 0 Å². The summed E-state index contributed by atoms with van der Waals surface area (Å²) in [5.41, 5.74) is 27.4. The molecule has 2 heterocycles. The van der Waals surface area contributed by atoms with E-state index in [4.69, 9.17) is 0 Å². The van der Waals surface area contributed by atoms with Crippen molar-refractivity contribution < 1.29 is 0 Å². The maximum absolute atomic E-state index is 2.77. The Bertz CT molecular complexity index is 3090. The Labute approximate surface area is 417 Å². The van der Waals surface area contributed by atoms with E-state index < -0.39 is 0 Å². The first-order chi connectivity index (χ1) is 32.2. The molecule has 2 nitrogen and oxygen atoms in total. The van der Waals surface area contributed by atoms with Crippen molar-refractivity contribution >= 4 is 51.5 Å². The second-order valence-corrected chi connectivity index (χ2v) is 27.5. The van der Waals surface area contributed by atoms with E-state index in [1.54, 1.807) is 0 Å². The molecule has 0 fully saturated rings. The number of hydrogen-bond donors (Lipinski definition) is 0. The maximum Gasteiger partial charge on any atom is 0.252 e. The zero-order valence-corrected chi connectivity index (χ0v) is 45.2. The number of nitrogens with zero attached hydrogens (tertiary/aromatic N) is 2. The van der Waals surface area contributed by atoms with Crippen molar-refractivity contribution in [1.82, 2.24) is 0 Å². The standard InChI is InChI=1S/C66H79BN2/c1-41-32-57-59-58(33-41)69(45-24-25-47-48(35-45)62(7,8)27-26-61(47,5)6)56-39-52-50(64(11,12)29-31-66(52,15)16)37-54(56)67(59)53-36-49-51(65(13,14)30-28-63(49,9)10)38-55(53)68(57)40-43-22-23-44(60(2,3)4)34-46(43)42-20-18-17-19-21-42/h17-25,32-39H,26-31,40H2,1-16H3. The summed E-state index contributed by atoms with van der Waals surface area (Å²) < 4.78 is 0. The van der Waals surface area contributed by atoms with E-state index in [1.807, 2.05) is 0 Å². The molecule has 0 bridgehead atoms. The van der Waals surface area contributed by atoms with Gasteiger partial charge in [-0.2, -0.15) is 0 Å². The minimum atomic E-state index is 0.0293. The van der Waals surface area contributed by atoms with Crippen molar-refractivity contribution in [2.45, 2.75) is 194 Å². The van der Waals surface area contributed by atoms with Crippen LogP contribution in [0.4, 0.5) is 28.4 Å². The fraction of sp³-hybridized carbons (Fsp3) is 0.455. The quantitative estimate of drug-likeness (QED) is 0.162. The monoisotopic (exact) mass is 911 g/mol. The number of anilines is 5. The van der Waals surface area contributed by atoms with E-state index >= 15 is 0 Å². The van der Waals surface area contributed by atoms with Crippen molar-refractivity contribution in [1.29, 1.82) is 0 Å². The minimum Gasteiger partial charge on any atom is -0.338 e. The average Bonchev–Trinajstić information content (AvgIpc) is 3.28. The first-order valence-corrected chi connectivity index (χ1v) is 26.6. The lowest BCUT2D eigenvalue weighted by Gasteiger charge is -2.49. The molecule has 5 aliphatic rings. The molecule has 0 atom stereocenters. The van der Waals surface area contributed by atoms with Crippen LogP contribution >= 0.6 is 0 Å². The molecule has 0 spiro atoms. The molecular formula is C66H79BN2. The van der Waals surface area contributed by atoms with E-state index in [-0.39, 0.29) is 44.6 Å². The van der Waals surface area contributed by atoms with Gasteiger partial charge in [0, 0.05) is 35.0 Å². The third kappa shape index (κ3) is 7.23. The summed E-state index contributed by atoms with van der Waals surface area (Å²) in [6, 6.07) is 42.0. The molecule has 0 saturated carbocycles. The van der Waals surface area contributed by atoms with Gasteiger partial charge >= 0.3 is 0 Å². The predicted octanol–water partition coefficient (Wildman–Crippen LogP) is 16.0. The second-order valence-electron chi connectivity index (χ2n) is 27.5. The van der Waals surface area contributed by atoms with Crippen LogP contribution in [0.5, 0.6) is 0 Å². The Morgan fingerprint density at radius 1 is 0.464 bits per heavy atom. The highest BCUT2D eigenvalue weighted by molar-refractivity contribution is 7.00. The molecule has 69 heavy (non-hydrogen) atoms. The Kier molecular flexibility index (Phi) is 10.1. The lowest BCUT2D eigenvalue weighted by atomic mass is 9.32. The summed E-state index contributed by atoms with van der Waals surface area (Å²) in [6.45, 7) is 40.2. The van der Waals surface area contributed by atoms with E-state index in [0.29, 0.717) is 0 Å². The lowest BCUT2D eigenvalue weighted by molar-refractivity contribution is 0.332. The molecule has 0 aromatic heterocycles. The van der Waals surface area contributed by atoms with Crippen LogP contribution < -0.4 is 26.2 Å². The van der Waals surface area contributed by atoms with Gasteiger partial charge in [-0.15, -0.1) is 0 Å². The van der Waals surface area contributed by atoms with Crippen LogP contribution in [0.2, 0.25) is 0 Å². The fourth-order valence-corrected chi connectivity index (χ4v) is 13.7. The van der Waals surface area contributed by atoms with E-state index in [9.17, 15) is 0 Å². The van der Waals surface area contributed by atoms with Crippen molar-refractivity contribution in [2.24, 2.45) is 0 Å². The van der Waals surface area contributed by atoms with Crippen LogP contribution in [0.25, 0.3) is 11.1 Å². The van der Waals surface area contributed by atoms with Crippen molar-refractivity contribution in [3.8, 4) is 11.1 Å². The molecule has 0 radical (unpaired) electrons. The van der Waals surface area contributed by atoms with Gasteiger partial charge in [-0.05, 0) is 197 Å². The highest BCUT2D eigenvalue weighted by Gasteiger charge is 2.49. The number of hydrogen-bond acceptors (Lipinski definition) is 2. The lowest BCUT2D eigenvalue weighted by Crippen LogP contribution is -2.62. The third-order valence-corrected chi connectivity index (χ3v) is 18.7. The molecule has 0 amide bonds. The van der Waals surface area contributed by atoms with Crippen molar-refractivity contribution in [3.05, 3.63) is 153 Å². The van der Waals surface area contributed by atoms with Crippen LogP contribution in [0, 0.1) is 6.92 Å². The summed E-state index contributed by atoms with van der Waals surface area (Å²) in [5, 5.41) is 0. The SMILES string of the molecule is Cc1cc2c3c(c1)N(c1ccc4c(c1)C(C)(C)CCC4(C)C)c1cc4c(cc1B3c1cc3c(cc1N2Cc1ccc(C(C)(C)C)cc1-c1ccccc1)C(C)(C)CCC3(C)C)C(C)(C)CCC4(C)C. The number of aryl methyl sites for hydroxylation is 1. The fourth-order valence-electron chi connectivity index (χ4n) is 13.7. The van der Waals surface area contributed by atoms with Gasteiger partial charge in [0.1, 0.15) is 0 Å². The van der Waals surface area contributed by atoms with Gasteiger partial charge in [0.25, 0.3) is 6.71 Å². The topological polar surface area (TPSA) is 6.48 Å². The van der Waals surface area contributed by atoms with Gasteiger partial charge in [0.15, 0.2) is 0 Å². The predicted molar refractivity (Wildman–Crippen MR) is 299 cm³/mol. The first-order valence-electron chi connectivity index (χ1n) is 26.6. The molecule has 6 aromatic rings. The van der Waals surface area contributed by atoms with Gasteiger partial charge in [-0.3, -0.25) is 0 Å². The molecule has 3 aliphatic carbocycles. The smallest absolute Gasteiger partial charge is 0.252 e. The second kappa shape index (κ2) is 15.0. The molecule has 2 aliphatic heterocycles. The van der Waals surface area contributed by atoms with Crippen LogP contribution in [0.1, 0.15) is 192 Å². The molecule has 356 valence electrons. The van der Waals surface area contributed by atoms with Gasteiger partial charge in [0.2, 0.25) is 0 Å². The number of rotatable bonds is 4. The largest absolute Gasteiger partial charge is 0.338 e. The summed E-state index contributed by atoms with van der Waals surface area (Å²) in [6.07, 6.45) is 7.15. The Balaban J connectivity index is 1.24. The van der Waals surface area contributed by atoms with Gasteiger partial charge in [0.05, 0.1) is 0 Å². The van der Waals surface area contributed by atoms with Crippen molar-refractivity contribution in [2.75, 3.05) is 9.80 Å². The summed E-state index contributed by atoms with van der Waals surface area (Å²) >= 11 is 0. The number of benzene rings is 6. The molecule has 6 aromatic carbocycles. The maximum atomic E-state index is 2.77. The molecule has 0 saturated heterocycles. The summed E-state index contributed by atoms with van der Waals surface area (Å²) in [4.78, 5) is 5.50. The highest BCUT2D eigenvalue weighted by Crippen LogP contribution is 2.54. The number of fused-ring (bicyclic) bond motifs is 7. The van der Waals surface area contributed by atoms with E-state index in [1.165, 1.54) is 145 Å². The van der Waals surface area contributed by atoms with E-state index in [0.717, 1.165) is 6.54 Å². The minimum absolute atomic E-state index is 0.0293. The third-order valence-electron chi connectivity index (χ3n) is 18.7. The molecule has 0 N–H and O–H groups in total. The zero-order chi connectivity index (χ0) is 49.2. The van der Waals surface area contributed by atoms with Crippen LogP contribution in [-0.2, 0) is 44.4 Å². The Hall–Kier alpha value is -5.02. The Morgan fingerprint density at radius 2 is 0.942 bits per heavy atom. The molecular weight excluding hydrogens is 832 g/mol. The normalized spacial score (nSPS) is 20.5. The zero-order valence-electron chi connectivity index (χ0n) is 45.2. The highest BCUT2D eigenvalue weighted by atomic mass is 15.2. The van der Waals surface area contributed by atoms with Crippen LogP contribution in [-0.4, -0.2) is 6.71 Å². The Morgan fingerprint density at radius 3 is 1.49 bits per heavy atom. The average molecular weight is 911 g/mol. The first kappa shape index (κ1) is 46.4. The van der Waals surface area contributed by atoms with Gasteiger partial charge < -0.3 is 9.80 Å². The molecule has 0 unspecified atom stereocenters. The van der Waals surface area contributed by atoms with Gasteiger partial charge in [-0.25, -0.2) is 0 Å². The van der Waals surface area contributed by atoms with Crippen LogP contribution in [0.15, 0.2) is 103 Å². The van der Waals surface area contributed by atoms with Gasteiger partial charge in [-0.1, -0.05) is 171 Å². The molecule has 3 heteroatoms. The van der Waals surface area contributed by atoms with Crippen molar-refractivity contribution in [3.63, 3.8) is 0 Å².